The highest BCUT2D eigenvalue weighted by Crippen LogP contribution is 2.26. The summed E-state index contributed by atoms with van der Waals surface area (Å²) in [7, 11) is 0. The van der Waals surface area contributed by atoms with Crippen LogP contribution in [0.1, 0.15) is 29.0 Å². The quantitative estimate of drug-likeness (QED) is 0.712. The lowest BCUT2D eigenvalue weighted by molar-refractivity contribution is 0.0982. The van der Waals surface area contributed by atoms with E-state index in [1.165, 1.54) is 0 Å². The molecule has 0 saturated heterocycles. The van der Waals surface area contributed by atoms with Gasteiger partial charge in [-0.2, -0.15) is 0 Å². The number of hydrogen-bond acceptors (Lipinski definition) is 2. The fourth-order valence-corrected chi connectivity index (χ4v) is 2.54. The number of nitrogens with zero attached hydrogens (tertiary/aromatic N) is 2. The molecule has 3 rings (SSSR count). The largest absolute Gasteiger partial charge is 0.326 e. The van der Waals surface area contributed by atoms with E-state index in [0.29, 0.717) is 12.3 Å². The maximum atomic E-state index is 11.9. The first kappa shape index (κ1) is 9.85. The zero-order valence-corrected chi connectivity index (χ0v) is 9.50. The Balaban J connectivity index is 2.41. The molecule has 2 aromatic rings. The number of carbonyl (C=O) groups excluding carboxylic acids is 1. The molecule has 0 radical (unpaired) electrons. The Morgan fingerprint density at radius 2 is 2.31 bits per heavy atom. The topological polar surface area (TPSA) is 34.9 Å². The predicted octanol–water partition coefficient (Wildman–Crippen LogP) is 2.75. The van der Waals surface area contributed by atoms with Gasteiger partial charge >= 0.3 is 0 Å². The number of alkyl halides is 1. The van der Waals surface area contributed by atoms with Gasteiger partial charge in [0.2, 0.25) is 0 Å². The number of hydrogen-bond donors (Lipinski definition) is 0. The molecule has 0 atom stereocenters. The van der Waals surface area contributed by atoms with Gasteiger partial charge in [0, 0.05) is 18.5 Å². The molecule has 0 spiro atoms. The molecular weight excluding hydrogens is 224 g/mol. The monoisotopic (exact) mass is 234 g/mol. The van der Waals surface area contributed by atoms with Crippen molar-refractivity contribution < 1.29 is 4.79 Å². The van der Waals surface area contributed by atoms with Gasteiger partial charge in [0.15, 0.2) is 5.78 Å². The molecule has 0 unspecified atom stereocenters. The van der Waals surface area contributed by atoms with Crippen molar-refractivity contribution >= 4 is 28.4 Å². The number of imidazole rings is 1. The van der Waals surface area contributed by atoms with Crippen LogP contribution in [0, 0.1) is 0 Å². The predicted molar refractivity (Wildman–Crippen MR) is 62.9 cm³/mol. The SMILES string of the molecule is O=C1CCCn2c(CCl)nc3cccc1c32. The fraction of sp³-hybridized carbons (Fsp3) is 0.333. The number of benzene rings is 1. The van der Waals surface area contributed by atoms with Crippen molar-refractivity contribution in [2.45, 2.75) is 25.3 Å². The molecule has 1 aromatic carbocycles. The summed E-state index contributed by atoms with van der Waals surface area (Å²) in [6.45, 7) is 0.835. The Kier molecular flexibility index (Phi) is 2.21. The maximum absolute atomic E-state index is 11.9. The minimum absolute atomic E-state index is 0.213. The van der Waals surface area contributed by atoms with Crippen molar-refractivity contribution in [3.8, 4) is 0 Å². The molecular formula is C12H11ClN2O. The second kappa shape index (κ2) is 3.59. The van der Waals surface area contributed by atoms with Crippen molar-refractivity contribution in [2.75, 3.05) is 0 Å². The van der Waals surface area contributed by atoms with E-state index >= 15 is 0 Å². The molecule has 2 heterocycles. The molecule has 1 aromatic heterocycles. The number of ketones is 1. The van der Waals surface area contributed by atoms with Crippen molar-refractivity contribution in [3.05, 3.63) is 29.6 Å². The number of carbonyl (C=O) groups is 1. The van der Waals surface area contributed by atoms with Crippen LogP contribution < -0.4 is 0 Å². The minimum atomic E-state index is 0.213. The molecule has 0 aliphatic carbocycles. The lowest BCUT2D eigenvalue weighted by Crippen LogP contribution is -2.01. The summed E-state index contributed by atoms with van der Waals surface area (Å²) < 4.78 is 2.09. The third kappa shape index (κ3) is 1.28. The molecule has 0 N–H and O–H groups in total. The third-order valence-electron chi connectivity index (χ3n) is 3.05. The van der Waals surface area contributed by atoms with Crippen LogP contribution in [0.15, 0.2) is 18.2 Å². The lowest BCUT2D eigenvalue weighted by Gasteiger charge is -2.04. The molecule has 3 nitrogen and oxygen atoms in total. The number of para-hydroxylation sites is 1. The van der Waals surface area contributed by atoms with E-state index in [2.05, 4.69) is 9.55 Å². The summed E-state index contributed by atoms with van der Waals surface area (Å²) in [5.41, 5.74) is 2.63. The van der Waals surface area contributed by atoms with Crippen molar-refractivity contribution in [3.63, 3.8) is 0 Å². The number of aromatic nitrogens is 2. The normalized spacial score (nSPS) is 15.4. The minimum Gasteiger partial charge on any atom is -0.326 e. The van der Waals surface area contributed by atoms with Gasteiger partial charge < -0.3 is 4.57 Å². The summed E-state index contributed by atoms with van der Waals surface area (Å²) >= 11 is 5.88. The molecule has 16 heavy (non-hydrogen) atoms. The third-order valence-corrected chi connectivity index (χ3v) is 3.29. The van der Waals surface area contributed by atoms with Crippen LogP contribution in [-0.4, -0.2) is 15.3 Å². The molecule has 0 amide bonds. The fourth-order valence-electron chi connectivity index (χ4n) is 2.33. The summed E-state index contributed by atoms with van der Waals surface area (Å²) in [6, 6.07) is 5.70. The van der Waals surface area contributed by atoms with Gasteiger partial charge in [0.1, 0.15) is 5.82 Å². The Hall–Kier alpha value is -1.35. The molecule has 0 fully saturated rings. The molecule has 0 bridgehead atoms. The smallest absolute Gasteiger partial charge is 0.165 e. The van der Waals surface area contributed by atoms with Crippen molar-refractivity contribution in [1.82, 2.24) is 9.55 Å². The number of halogens is 1. The average Bonchev–Trinajstić information content (AvgIpc) is 2.57. The van der Waals surface area contributed by atoms with Gasteiger partial charge in [-0.25, -0.2) is 4.98 Å². The Bertz CT molecular complexity index is 574. The highest BCUT2D eigenvalue weighted by atomic mass is 35.5. The van der Waals surface area contributed by atoms with Crippen LogP contribution in [0.25, 0.3) is 11.0 Å². The second-order valence-corrected chi connectivity index (χ2v) is 4.28. The zero-order valence-electron chi connectivity index (χ0n) is 8.74. The van der Waals surface area contributed by atoms with E-state index in [1.807, 2.05) is 18.2 Å². The van der Waals surface area contributed by atoms with Gasteiger partial charge in [-0.05, 0) is 18.6 Å². The lowest BCUT2D eigenvalue weighted by atomic mass is 10.1. The molecule has 0 saturated carbocycles. The van der Waals surface area contributed by atoms with Crippen LogP contribution in [0.3, 0.4) is 0 Å². The highest BCUT2D eigenvalue weighted by molar-refractivity contribution is 6.17. The van der Waals surface area contributed by atoms with Crippen molar-refractivity contribution in [1.29, 1.82) is 0 Å². The Morgan fingerprint density at radius 3 is 3.12 bits per heavy atom. The molecule has 1 aliphatic heterocycles. The Morgan fingerprint density at radius 1 is 1.44 bits per heavy atom. The van der Waals surface area contributed by atoms with Gasteiger partial charge in [0.05, 0.1) is 16.9 Å². The highest BCUT2D eigenvalue weighted by Gasteiger charge is 2.20. The Labute approximate surface area is 98.0 Å². The van der Waals surface area contributed by atoms with Gasteiger partial charge in [-0.15, -0.1) is 11.6 Å². The van der Waals surface area contributed by atoms with Crippen LogP contribution in [0.4, 0.5) is 0 Å². The summed E-state index contributed by atoms with van der Waals surface area (Å²) in [5, 5.41) is 0. The first-order valence-electron chi connectivity index (χ1n) is 5.38. The molecule has 82 valence electrons. The summed E-state index contributed by atoms with van der Waals surface area (Å²) in [4.78, 5) is 16.4. The van der Waals surface area contributed by atoms with Crippen LogP contribution in [0.2, 0.25) is 0 Å². The second-order valence-electron chi connectivity index (χ2n) is 4.01. The van der Waals surface area contributed by atoms with E-state index in [4.69, 9.17) is 11.6 Å². The van der Waals surface area contributed by atoms with E-state index in [0.717, 1.165) is 35.4 Å². The standard InChI is InChI=1S/C12H11ClN2O/c13-7-11-14-9-4-1-3-8-10(16)5-2-6-15(11)12(8)9/h1,3-4H,2,5-7H2. The van der Waals surface area contributed by atoms with E-state index in [1.54, 1.807) is 0 Å². The molecule has 4 heteroatoms. The van der Waals surface area contributed by atoms with Gasteiger partial charge in [-0.3, -0.25) is 4.79 Å². The molecule has 1 aliphatic rings. The number of Topliss-reactive ketones (excluding diaryl/α,β-unsaturated/α-hetero) is 1. The first-order valence-corrected chi connectivity index (χ1v) is 5.92. The van der Waals surface area contributed by atoms with E-state index in [-0.39, 0.29) is 5.78 Å². The zero-order chi connectivity index (χ0) is 11.1. The average molecular weight is 235 g/mol. The van der Waals surface area contributed by atoms with Crippen LogP contribution >= 0.6 is 11.6 Å². The van der Waals surface area contributed by atoms with Crippen LogP contribution in [0.5, 0.6) is 0 Å². The summed E-state index contributed by atoms with van der Waals surface area (Å²) in [5.74, 6) is 1.46. The van der Waals surface area contributed by atoms with Crippen LogP contribution in [-0.2, 0) is 12.4 Å². The number of aryl methyl sites for hydroxylation is 1. The van der Waals surface area contributed by atoms with Gasteiger partial charge in [-0.1, -0.05) is 6.07 Å². The number of rotatable bonds is 1. The first-order chi connectivity index (χ1) is 7.81. The van der Waals surface area contributed by atoms with E-state index in [9.17, 15) is 4.79 Å². The maximum Gasteiger partial charge on any atom is 0.165 e. The van der Waals surface area contributed by atoms with Gasteiger partial charge in [0.25, 0.3) is 0 Å². The van der Waals surface area contributed by atoms with E-state index < -0.39 is 0 Å². The van der Waals surface area contributed by atoms with Crippen molar-refractivity contribution in [2.24, 2.45) is 0 Å². The summed E-state index contributed by atoms with van der Waals surface area (Å²) in [6.07, 6.45) is 1.48.